The average Bonchev–Trinajstić information content (AvgIpc) is 3.01. The largest absolute Gasteiger partial charge is 0.411 e. The number of benzene rings is 1. The number of carbonyl (C=O) groups is 1. The Hall–Kier alpha value is -2.05. The van der Waals surface area contributed by atoms with Crippen LogP contribution >= 0.6 is 11.6 Å². The van der Waals surface area contributed by atoms with Gasteiger partial charge in [-0.05, 0) is 18.6 Å². The first-order valence-electron chi connectivity index (χ1n) is 6.91. The maximum absolute atomic E-state index is 14.4. The number of rotatable bonds is 1. The van der Waals surface area contributed by atoms with Crippen molar-refractivity contribution >= 4 is 23.3 Å². The first kappa shape index (κ1) is 16.8. The van der Waals surface area contributed by atoms with Crippen molar-refractivity contribution in [3.8, 4) is 6.07 Å². The van der Waals surface area contributed by atoms with E-state index >= 15 is 0 Å². The Morgan fingerprint density at radius 1 is 1.38 bits per heavy atom. The molecule has 0 aliphatic carbocycles. The van der Waals surface area contributed by atoms with Crippen LogP contribution in [0.2, 0.25) is 5.02 Å². The van der Waals surface area contributed by atoms with Crippen LogP contribution in [0.3, 0.4) is 0 Å². The number of urea groups is 1. The number of nitrogens with zero attached hydrogens (tertiary/aromatic N) is 3. The second-order valence-electron chi connectivity index (χ2n) is 5.55. The van der Waals surface area contributed by atoms with E-state index in [1.54, 1.807) is 6.07 Å². The highest BCUT2D eigenvalue weighted by Gasteiger charge is 2.63. The second kappa shape index (κ2) is 5.50. The first-order valence-corrected chi connectivity index (χ1v) is 7.29. The van der Waals surface area contributed by atoms with E-state index in [4.69, 9.17) is 16.9 Å². The van der Waals surface area contributed by atoms with Crippen molar-refractivity contribution in [3.63, 3.8) is 0 Å². The Balaban J connectivity index is 2.14. The summed E-state index contributed by atoms with van der Waals surface area (Å²) in [6, 6.07) is -1.41. The van der Waals surface area contributed by atoms with E-state index < -0.39 is 46.9 Å². The molecular formula is C14H10ClF4N3O2. The maximum Gasteiger partial charge on any atom is 0.411 e. The lowest BCUT2D eigenvalue weighted by atomic mass is 10.0. The Kier molecular flexibility index (Phi) is 3.85. The summed E-state index contributed by atoms with van der Waals surface area (Å²) in [5.74, 6) is -1.28. The van der Waals surface area contributed by atoms with Gasteiger partial charge in [0.1, 0.15) is 6.07 Å². The number of aliphatic hydroxyl groups excluding tert-OH is 1. The Morgan fingerprint density at radius 3 is 2.62 bits per heavy atom. The zero-order valence-corrected chi connectivity index (χ0v) is 12.6. The number of anilines is 1. The molecule has 10 heteroatoms. The number of aliphatic hydroxyl groups is 1. The van der Waals surface area contributed by atoms with Gasteiger partial charge in [0.15, 0.2) is 11.9 Å². The highest BCUT2D eigenvalue weighted by atomic mass is 35.5. The van der Waals surface area contributed by atoms with Gasteiger partial charge >= 0.3 is 12.2 Å². The molecule has 1 N–H and O–H groups in total. The van der Waals surface area contributed by atoms with Crippen molar-refractivity contribution < 1.29 is 27.5 Å². The standard InChI is InChI=1S/C14H10ClF4N3O2/c15-9-6(5-20)1-2-7(10(9)16)22-12(14(17,18)19)11-8(23)3-4-21(11)13(22)24/h1-2,8,11-12,23H,3-4H2. The molecule has 128 valence electrons. The number of hydrogen-bond acceptors (Lipinski definition) is 3. The van der Waals surface area contributed by atoms with Crippen LogP contribution in [-0.2, 0) is 0 Å². The number of hydrogen-bond donors (Lipinski definition) is 1. The average molecular weight is 364 g/mol. The Bertz CT molecular complexity index is 749. The molecule has 24 heavy (non-hydrogen) atoms. The monoisotopic (exact) mass is 363 g/mol. The van der Waals surface area contributed by atoms with Crippen molar-refractivity contribution in [1.29, 1.82) is 5.26 Å². The highest BCUT2D eigenvalue weighted by molar-refractivity contribution is 6.32. The first-order chi connectivity index (χ1) is 11.2. The van der Waals surface area contributed by atoms with Crippen molar-refractivity contribution in [2.75, 3.05) is 11.4 Å². The third-order valence-corrected chi connectivity index (χ3v) is 4.62. The summed E-state index contributed by atoms with van der Waals surface area (Å²) in [6.07, 6.45) is -6.22. The lowest BCUT2D eigenvalue weighted by Crippen LogP contribution is -2.51. The lowest BCUT2D eigenvalue weighted by molar-refractivity contribution is -0.156. The van der Waals surface area contributed by atoms with E-state index in [0.29, 0.717) is 0 Å². The molecule has 0 aromatic heterocycles. The van der Waals surface area contributed by atoms with E-state index in [2.05, 4.69) is 0 Å². The predicted molar refractivity (Wildman–Crippen MR) is 75.0 cm³/mol. The van der Waals surface area contributed by atoms with Gasteiger partial charge in [0.05, 0.1) is 28.4 Å². The summed E-state index contributed by atoms with van der Waals surface area (Å²) < 4.78 is 54.9. The molecule has 0 radical (unpaired) electrons. The van der Waals surface area contributed by atoms with Crippen LogP contribution in [-0.4, -0.2) is 46.9 Å². The lowest BCUT2D eigenvalue weighted by Gasteiger charge is -2.29. The van der Waals surface area contributed by atoms with Crippen molar-refractivity contribution in [1.82, 2.24) is 4.90 Å². The SMILES string of the molecule is N#Cc1ccc(N2C(=O)N3CCC(O)C3C2C(F)(F)F)c(F)c1Cl. The summed E-state index contributed by atoms with van der Waals surface area (Å²) in [6.45, 7) is -0.0562. The fourth-order valence-electron chi connectivity index (χ4n) is 3.22. The van der Waals surface area contributed by atoms with Crippen molar-refractivity contribution in [2.45, 2.75) is 30.8 Å². The topological polar surface area (TPSA) is 67.6 Å². The summed E-state index contributed by atoms with van der Waals surface area (Å²) in [4.78, 5) is 13.5. The Labute approximate surface area is 138 Å². The van der Waals surface area contributed by atoms with Crippen molar-refractivity contribution in [2.24, 2.45) is 0 Å². The van der Waals surface area contributed by atoms with Gasteiger partial charge in [0.2, 0.25) is 0 Å². The molecule has 1 aromatic carbocycles. The minimum atomic E-state index is -4.88. The van der Waals surface area contributed by atoms with Gasteiger partial charge < -0.3 is 10.0 Å². The molecule has 2 amide bonds. The van der Waals surface area contributed by atoms with Crippen LogP contribution in [0.1, 0.15) is 12.0 Å². The fraction of sp³-hybridized carbons (Fsp3) is 0.429. The number of nitriles is 1. The maximum atomic E-state index is 14.4. The smallest absolute Gasteiger partial charge is 0.391 e. The molecule has 0 saturated carbocycles. The highest BCUT2D eigenvalue weighted by Crippen LogP contribution is 2.44. The molecule has 2 saturated heterocycles. The zero-order chi connectivity index (χ0) is 17.8. The quantitative estimate of drug-likeness (QED) is 0.780. The van der Waals surface area contributed by atoms with Crippen molar-refractivity contribution in [3.05, 3.63) is 28.5 Å². The van der Waals surface area contributed by atoms with E-state index in [9.17, 15) is 27.5 Å². The molecule has 2 aliphatic rings. The number of fused-ring (bicyclic) bond motifs is 1. The summed E-state index contributed by atoms with van der Waals surface area (Å²) in [7, 11) is 0. The second-order valence-corrected chi connectivity index (χ2v) is 5.93. The molecule has 0 spiro atoms. The minimum absolute atomic E-state index is 0.0213. The zero-order valence-electron chi connectivity index (χ0n) is 11.9. The molecule has 3 rings (SSSR count). The third-order valence-electron chi connectivity index (χ3n) is 4.25. The number of alkyl halides is 3. The Morgan fingerprint density at radius 2 is 2.04 bits per heavy atom. The molecule has 2 heterocycles. The van der Waals surface area contributed by atoms with E-state index in [1.807, 2.05) is 0 Å². The number of carbonyl (C=O) groups excluding carboxylic acids is 1. The van der Waals surface area contributed by atoms with Crippen LogP contribution < -0.4 is 4.90 Å². The molecule has 1 aromatic rings. The molecule has 3 atom stereocenters. The van der Waals surface area contributed by atoms with Crippen LogP contribution in [0, 0.1) is 17.1 Å². The molecule has 5 nitrogen and oxygen atoms in total. The van der Waals surface area contributed by atoms with Crippen LogP contribution in [0.15, 0.2) is 12.1 Å². The summed E-state index contributed by atoms with van der Waals surface area (Å²) >= 11 is 5.66. The third kappa shape index (κ3) is 2.29. The normalized spacial score (nSPS) is 26.7. The fourth-order valence-corrected chi connectivity index (χ4v) is 3.42. The van der Waals surface area contributed by atoms with Crippen LogP contribution in [0.5, 0.6) is 0 Å². The molecule has 3 unspecified atom stereocenters. The molecule has 2 fully saturated rings. The van der Waals surface area contributed by atoms with Gasteiger partial charge in [-0.25, -0.2) is 9.18 Å². The number of amides is 2. The van der Waals surface area contributed by atoms with Crippen LogP contribution in [0.4, 0.5) is 28.0 Å². The minimum Gasteiger partial charge on any atom is -0.391 e. The van der Waals surface area contributed by atoms with E-state index in [-0.39, 0.29) is 23.4 Å². The summed E-state index contributed by atoms with van der Waals surface area (Å²) in [5, 5.41) is 18.0. The van der Waals surface area contributed by atoms with Gasteiger partial charge in [0.25, 0.3) is 0 Å². The van der Waals surface area contributed by atoms with Gasteiger partial charge in [-0.2, -0.15) is 18.4 Å². The van der Waals surface area contributed by atoms with Gasteiger partial charge in [-0.1, -0.05) is 11.6 Å². The van der Waals surface area contributed by atoms with E-state index in [1.165, 1.54) is 0 Å². The van der Waals surface area contributed by atoms with Gasteiger partial charge in [0, 0.05) is 6.54 Å². The number of halogens is 5. The van der Waals surface area contributed by atoms with Gasteiger partial charge in [-0.3, -0.25) is 4.90 Å². The molecule has 2 aliphatic heterocycles. The predicted octanol–water partition coefficient (Wildman–Crippen LogP) is 2.66. The van der Waals surface area contributed by atoms with Gasteiger partial charge in [-0.15, -0.1) is 0 Å². The summed E-state index contributed by atoms with van der Waals surface area (Å²) in [5.41, 5.74) is -0.929. The molecule has 0 bridgehead atoms. The van der Waals surface area contributed by atoms with Crippen LogP contribution in [0.25, 0.3) is 0 Å². The molecular weight excluding hydrogens is 354 g/mol. The van der Waals surface area contributed by atoms with E-state index in [0.717, 1.165) is 17.0 Å².